The second-order valence-corrected chi connectivity index (χ2v) is 6.47. The van der Waals surface area contributed by atoms with E-state index >= 15 is 0 Å². The molecule has 3 rings (SSSR count). The van der Waals surface area contributed by atoms with Crippen molar-refractivity contribution in [3.8, 4) is 0 Å². The lowest BCUT2D eigenvalue weighted by Crippen LogP contribution is -2.48. The van der Waals surface area contributed by atoms with Crippen LogP contribution in [-0.4, -0.2) is 65.3 Å². The molecule has 0 saturated carbocycles. The van der Waals surface area contributed by atoms with Crippen LogP contribution in [-0.2, 0) is 11.3 Å². The van der Waals surface area contributed by atoms with Gasteiger partial charge in [0.15, 0.2) is 0 Å². The van der Waals surface area contributed by atoms with E-state index in [1.807, 2.05) is 49.2 Å². The van der Waals surface area contributed by atoms with E-state index in [-0.39, 0.29) is 5.91 Å². The Labute approximate surface area is 153 Å². The number of carbonyl (C=O) groups excluding carboxylic acids is 2. The number of piperazine rings is 1. The number of benzene rings is 1. The summed E-state index contributed by atoms with van der Waals surface area (Å²) >= 11 is 0. The van der Waals surface area contributed by atoms with Crippen molar-refractivity contribution in [3.05, 3.63) is 53.3 Å². The SMILES string of the molecule is Cc1cc(C(=O)N2CCN(C=O)CC2)nc(N(C)Cc2ccccc2)n1. The highest BCUT2D eigenvalue weighted by atomic mass is 16.2. The predicted octanol–water partition coefficient (Wildman–Crippen LogP) is 1.34. The van der Waals surface area contributed by atoms with Crippen LogP contribution in [0.15, 0.2) is 36.4 Å². The van der Waals surface area contributed by atoms with Gasteiger partial charge in [-0.25, -0.2) is 9.97 Å². The van der Waals surface area contributed by atoms with Gasteiger partial charge in [-0.2, -0.15) is 0 Å². The topological polar surface area (TPSA) is 69.6 Å². The van der Waals surface area contributed by atoms with E-state index in [0.717, 1.165) is 17.7 Å². The fourth-order valence-electron chi connectivity index (χ4n) is 2.95. The number of carbonyl (C=O) groups is 2. The number of amides is 2. The molecule has 0 bridgehead atoms. The first-order valence-corrected chi connectivity index (χ1v) is 8.66. The number of aryl methyl sites for hydroxylation is 1. The highest BCUT2D eigenvalue weighted by Gasteiger charge is 2.23. The standard InChI is InChI=1S/C19H23N5O2/c1-15-12-17(18(26)24-10-8-23(14-25)9-11-24)21-19(20-15)22(2)13-16-6-4-3-5-7-16/h3-7,12,14H,8-11,13H2,1-2H3. The molecule has 0 N–H and O–H groups in total. The minimum absolute atomic E-state index is 0.115. The summed E-state index contributed by atoms with van der Waals surface area (Å²) < 4.78 is 0. The molecule has 7 nitrogen and oxygen atoms in total. The Bertz CT molecular complexity index is 773. The molecule has 0 unspecified atom stereocenters. The molecular weight excluding hydrogens is 330 g/mol. The molecule has 1 aromatic heterocycles. The van der Waals surface area contributed by atoms with Crippen molar-refractivity contribution in [2.45, 2.75) is 13.5 Å². The lowest BCUT2D eigenvalue weighted by Gasteiger charge is -2.32. The Morgan fingerprint density at radius 3 is 2.50 bits per heavy atom. The van der Waals surface area contributed by atoms with Gasteiger partial charge in [-0.3, -0.25) is 9.59 Å². The first-order valence-electron chi connectivity index (χ1n) is 8.66. The van der Waals surface area contributed by atoms with Gasteiger partial charge < -0.3 is 14.7 Å². The van der Waals surface area contributed by atoms with Crippen molar-refractivity contribution in [1.82, 2.24) is 19.8 Å². The van der Waals surface area contributed by atoms with Gasteiger partial charge in [-0.1, -0.05) is 30.3 Å². The maximum absolute atomic E-state index is 12.8. The lowest BCUT2D eigenvalue weighted by atomic mass is 10.2. The molecule has 1 aliphatic heterocycles. The van der Waals surface area contributed by atoms with Gasteiger partial charge in [0.25, 0.3) is 5.91 Å². The highest BCUT2D eigenvalue weighted by Crippen LogP contribution is 2.14. The summed E-state index contributed by atoms with van der Waals surface area (Å²) in [5.74, 6) is 0.416. The number of hydrogen-bond donors (Lipinski definition) is 0. The Hall–Kier alpha value is -2.96. The Kier molecular flexibility index (Phi) is 5.46. The van der Waals surface area contributed by atoms with E-state index in [1.54, 1.807) is 15.9 Å². The lowest BCUT2D eigenvalue weighted by molar-refractivity contribution is -0.119. The summed E-state index contributed by atoms with van der Waals surface area (Å²) in [5.41, 5.74) is 2.30. The molecule has 2 aromatic rings. The molecule has 0 spiro atoms. The van der Waals surface area contributed by atoms with Crippen LogP contribution in [0.2, 0.25) is 0 Å². The number of anilines is 1. The van der Waals surface area contributed by atoms with Crippen LogP contribution in [0.25, 0.3) is 0 Å². The molecule has 26 heavy (non-hydrogen) atoms. The van der Waals surface area contributed by atoms with Crippen LogP contribution in [0, 0.1) is 6.92 Å². The maximum atomic E-state index is 12.8. The molecule has 1 aromatic carbocycles. The number of hydrogen-bond acceptors (Lipinski definition) is 5. The largest absolute Gasteiger partial charge is 0.342 e. The third kappa shape index (κ3) is 4.17. The van der Waals surface area contributed by atoms with Crippen LogP contribution < -0.4 is 4.90 Å². The third-order valence-corrected chi connectivity index (χ3v) is 4.42. The monoisotopic (exact) mass is 353 g/mol. The summed E-state index contributed by atoms with van der Waals surface area (Å²) in [6.07, 6.45) is 0.827. The Balaban J connectivity index is 1.74. The van der Waals surface area contributed by atoms with Gasteiger partial charge in [0.05, 0.1) is 0 Å². The first kappa shape index (κ1) is 17.8. The Morgan fingerprint density at radius 2 is 1.85 bits per heavy atom. The van der Waals surface area contributed by atoms with Gasteiger partial charge in [-0.15, -0.1) is 0 Å². The third-order valence-electron chi connectivity index (χ3n) is 4.42. The summed E-state index contributed by atoms with van der Waals surface area (Å²) in [6, 6.07) is 11.8. The second kappa shape index (κ2) is 7.95. The molecule has 2 heterocycles. The normalized spacial score (nSPS) is 14.2. The van der Waals surface area contributed by atoms with Gasteiger partial charge in [-0.05, 0) is 18.6 Å². The highest BCUT2D eigenvalue weighted by molar-refractivity contribution is 5.92. The van der Waals surface area contributed by atoms with Gasteiger partial charge in [0.2, 0.25) is 12.4 Å². The summed E-state index contributed by atoms with van der Waals surface area (Å²) in [6.45, 7) is 4.68. The average molecular weight is 353 g/mol. The van der Waals surface area contributed by atoms with Crippen molar-refractivity contribution < 1.29 is 9.59 Å². The molecule has 1 aliphatic rings. The molecule has 1 fully saturated rings. The Morgan fingerprint density at radius 1 is 1.15 bits per heavy atom. The summed E-state index contributed by atoms with van der Waals surface area (Å²) in [4.78, 5) is 37.9. The number of rotatable bonds is 5. The number of nitrogens with zero attached hydrogens (tertiary/aromatic N) is 5. The smallest absolute Gasteiger partial charge is 0.272 e. The van der Waals surface area contributed by atoms with Crippen molar-refractivity contribution in [1.29, 1.82) is 0 Å². The number of aromatic nitrogens is 2. The van der Waals surface area contributed by atoms with E-state index in [1.165, 1.54) is 0 Å². The van der Waals surface area contributed by atoms with Crippen LogP contribution in [0.3, 0.4) is 0 Å². The zero-order chi connectivity index (χ0) is 18.5. The van der Waals surface area contributed by atoms with E-state index in [4.69, 9.17) is 0 Å². The molecule has 1 saturated heterocycles. The minimum Gasteiger partial charge on any atom is -0.342 e. The van der Waals surface area contributed by atoms with Gasteiger partial charge in [0, 0.05) is 45.5 Å². The zero-order valence-electron chi connectivity index (χ0n) is 15.1. The molecule has 0 radical (unpaired) electrons. The van der Waals surface area contributed by atoms with Gasteiger partial charge in [0.1, 0.15) is 5.69 Å². The van der Waals surface area contributed by atoms with Crippen LogP contribution in [0.1, 0.15) is 21.7 Å². The van der Waals surface area contributed by atoms with Crippen molar-refractivity contribution >= 4 is 18.3 Å². The summed E-state index contributed by atoms with van der Waals surface area (Å²) in [5, 5.41) is 0. The fourth-order valence-corrected chi connectivity index (χ4v) is 2.95. The predicted molar refractivity (Wildman–Crippen MR) is 98.9 cm³/mol. The zero-order valence-corrected chi connectivity index (χ0v) is 15.1. The summed E-state index contributed by atoms with van der Waals surface area (Å²) in [7, 11) is 1.92. The van der Waals surface area contributed by atoms with Crippen LogP contribution in [0.4, 0.5) is 5.95 Å². The molecule has 7 heteroatoms. The quantitative estimate of drug-likeness (QED) is 0.759. The van der Waals surface area contributed by atoms with Crippen LogP contribution in [0.5, 0.6) is 0 Å². The van der Waals surface area contributed by atoms with Crippen molar-refractivity contribution in [2.24, 2.45) is 0 Å². The van der Waals surface area contributed by atoms with Crippen LogP contribution >= 0.6 is 0 Å². The van der Waals surface area contributed by atoms with Gasteiger partial charge >= 0.3 is 0 Å². The first-order chi connectivity index (χ1) is 12.6. The van der Waals surface area contributed by atoms with E-state index < -0.39 is 0 Å². The van der Waals surface area contributed by atoms with Crippen molar-refractivity contribution in [2.75, 3.05) is 38.1 Å². The maximum Gasteiger partial charge on any atom is 0.272 e. The second-order valence-electron chi connectivity index (χ2n) is 6.47. The molecule has 136 valence electrons. The molecule has 0 atom stereocenters. The molecule has 0 aliphatic carbocycles. The van der Waals surface area contributed by atoms with E-state index in [9.17, 15) is 9.59 Å². The molecule has 2 amide bonds. The minimum atomic E-state index is -0.115. The molecular formula is C19H23N5O2. The average Bonchev–Trinajstić information content (AvgIpc) is 2.67. The van der Waals surface area contributed by atoms with E-state index in [0.29, 0.717) is 44.4 Å². The van der Waals surface area contributed by atoms with E-state index in [2.05, 4.69) is 9.97 Å². The fraction of sp³-hybridized carbons (Fsp3) is 0.368. The van der Waals surface area contributed by atoms with Crippen molar-refractivity contribution in [3.63, 3.8) is 0 Å².